The number of aliphatic imine (C=N–C) groups is 1. The lowest BCUT2D eigenvalue weighted by atomic mass is 10.1. The summed E-state index contributed by atoms with van der Waals surface area (Å²) in [7, 11) is 0. The number of anilines is 1. The van der Waals surface area contributed by atoms with Crippen molar-refractivity contribution in [3.63, 3.8) is 0 Å². The first-order valence-corrected chi connectivity index (χ1v) is 11.1. The monoisotopic (exact) mass is 495 g/mol. The normalized spacial score (nSPS) is 28.1. The molecule has 0 spiro atoms. The zero-order valence-corrected chi connectivity index (χ0v) is 19.0. The Morgan fingerprint density at radius 3 is 2.85 bits per heavy atom. The summed E-state index contributed by atoms with van der Waals surface area (Å²) in [5.74, 6) is -0.910. The van der Waals surface area contributed by atoms with Crippen LogP contribution in [0.25, 0.3) is 11.0 Å². The van der Waals surface area contributed by atoms with Crippen LogP contribution in [-0.4, -0.2) is 83.4 Å². The summed E-state index contributed by atoms with van der Waals surface area (Å²) >= 11 is 6.12. The lowest BCUT2D eigenvalue weighted by Gasteiger charge is -2.25. The summed E-state index contributed by atoms with van der Waals surface area (Å²) in [4.78, 5) is 26.8. The number of aromatic amines is 1. The third kappa shape index (κ3) is 4.65. The highest BCUT2D eigenvalue weighted by molar-refractivity contribution is 6.69. The second kappa shape index (κ2) is 9.72. The van der Waals surface area contributed by atoms with E-state index in [1.54, 1.807) is 0 Å². The van der Waals surface area contributed by atoms with Crippen LogP contribution in [0.5, 0.6) is 0 Å². The van der Waals surface area contributed by atoms with Crippen molar-refractivity contribution in [1.29, 1.82) is 0 Å². The topological polar surface area (TPSA) is 140 Å². The van der Waals surface area contributed by atoms with Gasteiger partial charge in [-0.1, -0.05) is 18.2 Å². The molecule has 1 aliphatic carbocycles. The number of hydrogen-bond donors (Lipinski definition) is 4. The zero-order valence-electron chi connectivity index (χ0n) is 18.2. The SMILES string of the molecule is C=C(C(Cl)=N/C=C(\C)F)[C@H]1C[C@H](F)CN1C(=O)c1[nH]nc2ncnc(N[C@@H]3CC[C@@H](O)[C@H]3O)c12. The number of fused-ring (bicyclic) bond motifs is 1. The van der Waals surface area contributed by atoms with E-state index >= 15 is 0 Å². The number of aromatic nitrogens is 4. The van der Waals surface area contributed by atoms with E-state index in [9.17, 15) is 23.8 Å². The Hall–Kier alpha value is -2.96. The summed E-state index contributed by atoms with van der Waals surface area (Å²) in [6.45, 7) is 4.82. The van der Waals surface area contributed by atoms with Gasteiger partial charge in [-0.25, -0.2) is 23.7 Å². The Balaban J connectivity index is 1.65. The van der Waals surface area contributed by atoms with Crippen LogP contribution in [0, 0.1) is 0 Å². The molecule has 2 aromatic rings. The van der Waals surface area contributed by atoms with Crippen molar-refractivity contribution < 1.29 is 23.8 Å². The van der Waals surface area contributed by atoms with Crippen LogP contribution in [0.1, 0.15) is 36.7 Å². The molecule has 4 N–H and O–H groups in total. The summed E-state index contributed by atoms with van der Waals surface area (Å²) in [5, 5.41) is 29.9. The Morgan fingerprint density at radius 1 is 1.41 bits per heavy atom. The van der Waals surface area contributed by atoms with Gasteiger partial charge in [-0.3, -0.25) is 9.89 Å². The van der Waals surface area contributed by atoms with Crippen LogP contribution >= 0.6 is 11.6 Å². The molecule has 4 rings (SSSR count). The molecular weight excluding hydrogens is 472 g/mol. The number of carbonyl (C=O) groups is 1. The van der Waals surface area contributed by atoms with Crippen molar-refractivity contribution in [2.24, 2.45) is 4.99 Å². The highest BCUT2D eigenvalue weighted by atomic mass is 35.5. The number of carbonyl (C=O) groups excluding carboxylic acids is 1. The summed E-state index contributed by atoms with van der Waals surface area (Å²) in [6, 6.07) is -1.29. The van der Waals surface area contributed by atoms with E-state index in [0.717, 1.165) is 6.20 Å². The van der Waals surface area contributed by atoms with Crippen molar-refractivity contribution in [3.8, 4) is 0 Å². The van der Waals surface area contributed by atoms with E-state index in [-0.39, 0.29) is 46.3 Å². The van der Waals surface area contributed by atoms with E-state index in [1.807, 2.05) is 0 Å². The van der Waals surface area contributed by atoms with Crippen LogP contribution in [0.2, 0.25) is 0 Å². The van der Waals surface area contributed by atoms with E-state index in [2.05, 4.69) is 37.1 Å². The average molecular weight is 496 g/mol. The van der Waals surface area contributed by atoms with Crippen molar-refractivity contribution >= 4 is 39.5 Å². The summed E-state index contributed by atoms with van der Waals surface area (Å²) in [6.07, 6.45) is -0.157. The van der Waals surface area contributed by atoms with Crippen molar-refractivity contribution in [3.05, 3.63) is 36.2 Å². The molecule has 1 saturated carbocycles. The minimum absolute atomic E-state index is 0.0191. The molecule has 1 saturated heterocycles. The van der Waals surface area contributed by atoms with Crippen LogP contribution in [0.4, 0.5) is 14.6 Å². The van der Waals surface area contributed by atoms with Crippen molar-refractivity contribution in [2.45, 2.75) is 56.6 Å². The number of likely N-dealkylation sites (tertiary alicyclic amines) is 1. The number of nitrogens with zero attached hydrogens (tertiary/aromatic N) is 5. The maximum absolute atomic E-state index is 14.4. The maximum Gasteiger partial charge on any atom is 0.273 e. The van der Waals surface area contributed by atoms with Gasteiger partial charge in [0.05, 0.1) is 42.4 Å². The number of aliphatic hydroxyl groups excluding tert-OH is 2. The molecule has 2 aromatic heterocycles. The number of alkyl halides is 1. The van der Waals surface area contributed by atoms with Gasteiger partial charge in [-0.15, -0.1) is 0 Å². The standard InChI is InChI=1S/C21H24ClF2N7O3/c1-9(23)6-25-18(22)10(2)13-5-11(24)7-31(13)21(34)16-15-19(26-8-27-20(15)30-29-16)28-12-3-4-14(32)17(12)33/h6,8,11-14,17,32-33H,2-5,7H2,1H3,(H2,26,27,28,29,30)/b9-6+,25-18?/t11-,12+,13+,14+,17-/m0/s1. The first-order chi connectivity index (χ1) is 16.2. The van der Waals surface area contributed by atoms with Gasteiger partial charge < -0.3 is 20.4 Å². The first-order valence-electron chi connectivity index (χ1n) is 10.7. The molecule has 0 radical (unpaired) electrons. The second-order valence-corrected chi connectivity index (χ2v) is 8.73. The number of amides is 1. The minimum atomic E-state index is -1.33. The second-order valence-electron chi connectivity index (χ2n) is 8.37. The summed E-state index contributed by atoms with van der Waals surface area (Å²) in [5.41, 5.74) is 0.392. The van der Waals surface area contributed by atoms with Crippen LogP contribution in [0.3, 0.4) is 0 Å². The Morgan fingerprint density at radius 2 is 2.18 bits per heavy atom. The number of rotatable bonds is 6. The van der Waals surface area contributed by atoms with Gasteiger partial charge in [0.2, 0.25) is 0 Å². The molecule has 10 nitrogen and oxygen atoms in total. The molecule has 34 heavy (non-hydrogen) atoms. The van der Waals surface area contributed by atoms with Gasteiger partial charge in [0.25, 0.3) is 5.91 Å². The highest BCUT2D eigenvalue weighted by Crippen LogP contribution is 2.32. The molecule has 0 unspecified atom stereocenters. The van der Waals surface area contributed by atoms with Gasteiger partial charge >= 0.3 is 0 Å². The van der Waals surface area contributed by atoms with E-state index in [4.69, 9.17) is 11.6 Å². The molecule has 13 heteroatoms. The molecule has 1 aliphatic heterocycles. The largest absolute Gasteiger partial charge is 0.390 e. The average Bonchev–Trinajstić information content (AvgIpc) is 3.50. The van der Waals surface area contributed by atoms with Gasteiger partial charge in [0, 0.05) is 12.0 Å². The molecular formula is C21H24ClF2N7O3. The van der Waals surface area contributed by atoms with E-state index in [1.165, 1.54) is 18.2 Å². The number of nitrogens with one attached hydrogen (secondary N) is 2. The van der Waals surface area contributed by atoms with Crippen molar-refractivity contribution in [2.75, 3.05) is 11.9 Å². The van der Waals surface area contributed by atoms with Gasteiger partial charge in [-0.2, -0.15) is 5.10 Å². The van der Waals surface area contributed by atoms with E-state index < -0.39 is 42.2 Å². The smallest absolute Gasteiger partial charge is 0.273 e. The fourth-order valence-electron chi connectivity index (χ4n) is 4.26. The molecule has 182 valence electrons. The molecule has 0 bridgehead atoms. The minimum Gasteiger partial charge on any atom is -0.390 e. The molecule has 2 aliphatic rings. The quantitative estimate of drug-likeness (QED) is 0.450. The molecule has 3 heterocycles. The zero-order chi connectivity index (χ0) is 24.6. The Bertz CT molecular complexity index is 1170. The van der Waals surface area contributed by atoms with Crippen LogP contribution < -0.4 is 5.32 Å². The van der Waals surface area contributed by atoms with Crippen LogP contribution in [-0.2, 0) is 0 Å². The first kappa shape index (κ1) is 24.2. The van der Waals surface area contributed by atoms with Crippen molar-refractivity contribution in [1.82, 2.24) is 25.1 Å². The Labute approximate surface area is 198 Å². The number of aliphatic hydroxyl groups is 2. The van der Waals surface area contributed by atoms with Gasteiger partial charge in [0.1, 0.15) is 35.0 Å². The highest BCUT2D eigenvalue weighted by Gasteiger charge is 2.40. The number of allylic oxidation sites excluding steroid dienone is 1. The van der Waals surface area contributed by atoms with Gasteiger partial charge in [-0.05, 0) is 19.8 Å². The predicted octanol–water partition coefficient (Wildman–Crippen LogP) is 2.23. The number of hydrogen-bond acceptors (Lipinski definition) is 8. The third-order valence-corrected chi connectivity index (χ3v) is 6.34. The molecule has 0 aromatic carbocycles. The Kier molecular flexibility index (Phi) is 6.91. The number of H-pyrrole nitrogens is 1. The third-order valence-electron chi connectivity index (χ3n) is 6.00. The fourth-order valence-corrected chi connectivity index (χ4v) is 4.44. The van der Waals surface area contributed by atoms with Gasteiger partial charge in [0.15, 0.2) is 5.65 Å². The van der Waals surface area contributed by atoms with E-state index in [0.29, 0.717) is 12.8 Å². The fraction of sp³-hybridized carbons (Fsp3) is 0.476. The molecule has 5 atom stereocenters. The number of halogens is 3. The lowest BCUT2D eigenvalue weighted by molar-refractivity contribution is 0.0392. The molecule has 1 amide bonds. The molecule has 2 fully saturated rings. The van der Waals surface area contributed by atoms with Crippen LogP contribution in [0.15, 0.2) is 35.5 Å². The summed E-state index contributed by atoms with van der Waals surface area (Å²) < 4.78 is 27.4. The maximum atomic E-state index is 14.4. The lowest BCUT2D eigenvalue weighted by Crippen LogP contribution is -2.38. The predicted molar refractivity (Wildman–Crippen MR) is 122 cm³/mol.